The lowest BCUT2D eigenvalue weighted by atomic mass is 9.77. The molecule has 0 amide bonds. The van der Waals surface area contributed by atoms with Crippen LogP contribution in [0.5, 0.6) is 0 Å². The third kappa shape index (κ3) is 4.20. The number of hydrogen-bond donors (Lipinski definition) is 1. The predicted molar refractivity (Wildman–Crippen MR) is 131 cm³/mol. The number of carbonyl (C=O) groups is 1. The Morgan fingerprint density at radius 3 is 1.81 bits per heavy atom. The van der Waals surface area contributed by atoms with E-state index in [0.29, 0.717) is 22.2 Å². The van der Waals surface area contributed by atoms with Crippen LogP contribution in [0, 0.1) is 0 Å². The fraction of sp³-hybridized carbons (Fsp3) is 0.111. The Balaban J connectivity index is 1.84. The lowest BCUT2D eigenvalue weighted by Crippen LogP contribution is -2.38. The van der Waals surface area contributed by atoms with Crippen LogP contribution in [0.3, 0.4) is 0 Å². The maximum Gasteiger partial charge on any atom is 0.339 e. The summed E-state index contributed by atoms with van der Waals surface area (Å²) in [6.45, 7) is 5.98. The fourth-order valence-corrected chi connectivity index (χ4v) is 4.56. The van der Waals surface area contributed by atoms with Gasteiger partial charge in [-0.2, -0.15) is 0 Å². The Morgan fingerprint density at radius 1 is 0.906 bits per heavy atom. The monoisotopic (exact) mass is 440 g/mol. The van der Waals surface area contributed by atoms with E-state index >= 15 is 0 Å². The second-order valence-electron chi connectivity index (χ2n) is 7.20. The Hall–Kier alpha value is -3.70. The zero-order valence-electron chi connectivity index (χ0n) is 17.8. The van der Waals surface area contributed by atoms with Crippen LogP contribution in [0.25, 0.3) is 5.57 Å². The van der Waals surface area contributed by atoms with Crippen LogP contribution >= 0.6 is 11.3 Å². The third-order valence-corrected chi connectivity index (χ3v) is 6.21. The van der Waals surface area contributed by atoms with Gasteiger partial charge in [-0.3, -0.25) is 0 Å². The lowest BCUT2D eigenvalue weighted by Gasteiger charge is -2.36. The zero-order chi connectivity index (χ0) is 22.4. The number of hydrogen-bond acceptors (Lipinski definition) is 5. The molecule has 0 atom stereocenters. The smallest absolute Gasteiger partial charge is 0.339 e. The summed E-state index contributed by atoms with van der Waals surface area (Å²) in [5, 5.41) is 4.38. The molecule has 160 valence electrons. The number of rotatable bonds is 8. The molecule has 0 fully saturated rings. The van der Waals surface area contributed by atoms with Crippen LogP contribution in [-0.4, -0.2) is 17.6 Å². The van der Waals surface area contributed by atoms with Crippen molar-refractivity contribution in [1.29, 1.82) is 0 Å². The number of benzene rings is 3. The van der Waals surface area contributed by atoms with E-state index in [-0.39, 0.29) is 0 Å². The van der Waals surface area contributed by atoms with Crippen LogP contribution in [0.2, 0.25) is 0 Å². The molecule has 1 N–H and O–H groups in total. The molecule has 4 aromatic rings. The SMILES string of the molecule is C=C(C(=O)OCC)c1cnc(NC(c2ccccc2)(c2ccccc2)c2ccccc2)s1. The van der Waals surface area contributed by atoms with E-state index in [1.165, 1.54) is 11.3 Å². The number of ether oxygens (including phenoxy) is 1. The molecule has 3 aromatic carbocycles. The van der Waals surface area contributed by atoms with Crippen molar-refractivity contribution in [3.8, 4) is 0 Å². The van der Waals surface area contributed by atoms with Gasteiger partial charge in [0.25, 0.3) is 0 Å². The summed E-state index contributed by atoms with van der Waals surface area (Å²) in [6, 6.07) is 30.9. The van der Waals surface area contributed by atoms with Crippen molar-refractivity contribution in [2.75, 3.05) is 11.9 Å². The molecule has 1 aromatic heterocycles. The lowest BCUT2D eigenvalue weighted by molar-refractivity contribution is -0.136. The van der Waals surface area contributed by atoms with Gasteiger partial charge in [-0.15, -0.1) is 0 Å². The van der Waals surface area contributed by atoms with E-state index in [0.717, 1.165) is 16.7 Å². The molecule has 32 heavy (non-hydrogen) atoms. The molecule has 4 nitrogen and oxygen atoms in total. The molecule has 0 unspecified atom stereocenters. The van der Waals surface area contributed by atoms with Crippen molar-refractivity contribution in [1.82, 2.24) is 4.98 Å². The summed E-state index contributed by atoms with van der Waals surface area (Å²) < 4.78 is 5.10. The van der Waals surface area contributed by atoms with E-state index in [4.69, 9.17) is 4.74 Å². The van der Waals surface area contributed by atoms with E-state index < -0.39 is 11.5 Å². The summed E-state index contributed by atoms with van der Waals surface area (Å²) >= 11 is 1.38. The average molecular weight is 441 g/mol. The van der Waals surface area contributed by atoms with Crippen molar-refractivity contribution < 1.29 is 9.53 Å². The standard InChI is InChI=1S/C27H24N2O2S/c1-3-31-25(30)20(2)24-19-28-26(32-24)29-27(21-13-7-4-8-14-21,22-15-9-5-10-16-22)23-17-11-6-12-18-23/h4-19H,2-3H2,1H3,(H,28,29). The van der Waals surface area contributed by atoms with Gasteiger partial charge in [0.2, 0.25) is 0 Å². The highest BCUT2D eigenvalue weighted by molar-refractivity contribution is 7.17. The zero-order valence-corrected chi connectivity index (χ0v) is 18.6. The second kappa shape index (κ2) is 9.62. The second-order valence-corrected chi connectivity index (χ2v) is 8.23. The number of carbonyl (C=O) groups excluding carboxylic acids is 1. The summed E-state index contributed by atoms with van der Waals surface area (Å²) in [5.74, 6) is -0.428. The summed E-state index contributed by atoms with van der Waals surface area (Å²) in [6.07, 6.45) is 1.66. The maximum absolute atomic E-state index is 12.1. The van der Waals surface area contributed by atoms with Gasteiger partial charge in [0.15, 0.2) is 5.13 Å². The van der Waals surface area contributed by atoms with Crippen molar-refractivity contribution in [2.24, 2.45) is 0 Å². The number of nitrogens with one attached hydrogen (secondary N) is 1. The minimum absolute atomic E-state index is 0.306. The number of thiazole rings is 1. The molecule has 0 saturated heterocycles. The first-order valence-electron chi connectivity index (χ1n) is 10.4. The molecule has 1 heterocycles. The van der Waals surface area contributed by atoms with E-state index in [2.05, 4.69) is 53.3 Å². The molecular weight excluding hydrogens is 416 g/mol. The quantitative estimate of drug-likeness (QED) is 0.204. The first-order valence-corrected chi connectivity index (χ1v) is 11.2. The Morgan fingerprint density at radius 2 is 1.38 bits per heavy atom. The van der Waals surface area contributed by atoms with Gasteiger partial charge in [0.05, 0.1) is 17.1 Å². The number of anilines is 1. The molecule has 5 heteroatoms. The fourth-order valence-electron chi connectivity index (χ4n) is 3.73. The largest absolute Gasteiger partial charge is 0.462 e. The van der Waals surface area contributed by atoms with Crippen molar-refractivity contribution in [3.63, 3.8) is 0 Å². The van der Waals surface area contributed by atoms with Gasteiger partial charge >= 0.3 is 5.97 Å². The molecule has 0 spiro atoms. The highest BCUT2D eigenvalue weighted by Crippen LogP contribution is 2.41. The van der Waals surface area contributed by atoms with Crippen LogP contribution in [0.15, 0.2) is 104 Å². The summed E-state index contributed by atoms with van der Waals surface area (Å²) in [5.41, 5.74) is 2.88. The van der Waals surface area contributed by atoms with E-state index in [1.807, 2.05) is 54.6 Å². The van der Waals surface area contributed by atoms with Gasteiger partial charge in [-0.25, -0.2) is 9.78 Å². The summed E-state index contributed by atoms with van der Waals surface area (Å²) in [4.78, 5) is 17.4. The van der Waals surface area contributed by atoms with E-state index in [9.17, 15) is 4.79 Å². The molecule has 0 saturated carbocycles. The Labute approximate surface area is 192 Å². The Kier molecular flexibility index (Phi) is 6.47. The number of esters is 1. The minimum atomic E-state index is -0.676. The van der Waals surface area contributed by atoms with Crippen LogP contribution in [0.1, 0.15) is 28.5 Å². The van der Waals surface area contributed by atoms with Gasteiger partial charge in [0, 0.05) is 6.20 Å². The van der Waals surface area contributed by atoms with Gasteiger partial charge in [-0.05, 0) is 23.6 Å². The predicted octanol–water partition coefficient (Wildman–Crippen LogP) is 6.12. The van der Waals surface area contributed by atoms with Gasteiger partial charge in [0.1, 0.15) is 5.54 Å². The van der Waals surface area contributed by atoms with Crippen molar-refractivity contribution in [3.05, 3.63) is 125 Å². The molecule has 0 aliphatic heterocycles. The first-order chi connectivity index (χ1) is 15.6. The number of nitrogens with zero attached hydrogens (tertiary/aromatic N) is 1. The van der Waals surface area contributed by atoms with Crippen LogP contribution < -0.4 is 5.32 Å². The topological polar surface area (TPSA) is 51.2 Å². The summed E-state index contributed by atoms with van der Waals surface area (Å²) in [7, 11) is 0. The minimum Gasteiger partial charge on any atom is -0.462 e. The average Bonchev–Trinajstić information content (AvgIpc) is 3.32. The van der Waals surface area contributed by atoms with Gasteiger partial charge in [-0.1, -0.05) is 109 Å². The molecule has 0 radical (unpaired) electrons. The van der Waals surface area contributed by atoms with Crippen molar-refractivity contribution in [2.45, 2.75) is 12.5 Å². The Bertz CT molecular complexity index is 1090. The molecular formula is C27H24N2O2S. The van der Waals surface area contributed by atoms with Crippen molar-refractivity contribution >= 4 is 28.0 Å². The molecule has 0 bridgehead atoms. The first kappa shape index (κ1) is 21.5. The van der Waals surface area contributed by atoms with Gasteiger partial charge < -0.3 is 10.1 Å². The van der Waals surface area contributed by atoms with E-state index in [1.54, 1.807) is 13.1 Å². The highest BCUT2D eigenvalue weighted by Gasteiger charge is 2.37. The number of aromatic nitrogens is 1. The third-order valence-electron chi connectivity index (χ3n) is 5.24. The molecule has 4 rings (SSSR count). The highest BCUT2D eigenvalue weighted by atomic mass is 32.1. The van der Waals surface area contributed by atoms with Crippen LogP contribution in [0.4, 0.5) is 5.13 Å². The molecule has 0 aliphatic rings. The van der Waals surface area contributed by atoms with Crippen LogP contribution in [-0.2, 0) is 15.1 Å². The maximum atomic E-state index is 12.1. The normalized spacial score (nSPS) is 11.0. The molecule has 0 aliphatic carbocycles.